The van der Waals surface area contributed by atoms with E-state index in [0.717, 1.165) is 50.3 Å². The first-order chi connectivity index (χ1) is 12.5. The number of carbonyl (C=O) groups excluding carboxylic acids is 2. The summed E-state index contributed by atoms with van der Waals surface area (Å²) in [5, 5.41) is 0. The van der Waals surface area contributed by atoms with Crippen LogP contribution in [-0.4, -0.2) is 86.4 Å². The summed E-state index contributed by atoms with van der Waals surface area (Å²) in [7, 11) is 3.97. The molecule has 0 N–H and O–H groups in total. The summed E-state index contributed by atoms with van der Waals surface area (Å²) in [5.41, 5.74) is 1.82. The van der Waals surface area contributed by atoms with E-state index < -0.39 is 0 Å². The van der Waals surface area contributed by atoms with E-state index in [0.29, 0.717) is 19.6 Å². The second-order valence-electron chi connectivity index (χ2n) is 7.45. The van der Waals surface area contributed by atoms with Gasteiger partial charge in [-0.05, 0) is 43.5 Å². The molecular weight excluding hydrogens is 328 g/mol. The maximum atomic E-state index is 12.7. The van der Waals surface area contributed by atoms with E-state index in [1.165, 1.54) is 6.42 Å². The van der Waals surface area contributed by atoms with Crippen molar-refractivity contribution in [1.82, 2.24) is 14.7 Å². The predicted molar refractivity (Wildman–Crippen MR) is 104 cm³/mol. The molecular formula is C20H30N4O2. The summed E-state index contributed by atoms with van der Waals surface area (Å²) >= 11 is 0. The molecule has 2 heterocycles. The molecule has 0 saturated carbocycles. The molecule has 3 rings (SSSR count). The number of hydrogen-bond donors (Lipinski definition) is 0. The van der Waals surface area contributed by atoms with Crippen molar-refractivity contribution in [3.8, 4) is 0 Å². The highest BCUT2D eigenvalue weighted by Gasteiger charge is 2.25. The van der Waals surface area contributed by atoms with Gasteiger partial charge < -0.3 is 14.7 Å². The number of carbonyl (C=O) groups is 2. The van der Waals surface area contributed by atoms with E-state index in [1.54, 1.807) is 0 Å². The van der Waals surface area contributed by atoms with E-state index in [1.807, 2.05) is 53.1 Å². The molecule has 0 spiro atoms. The molecule has 2 fully saturated rings. The highest BCUT2D eigenvalue weighted by molar-refractivity contribution is 5.94. The molecule has 6 nitrogen and oxygen atoms in total. The Morgan fingerprint density at radius 1 is 0.846 bits per heavy atom. The van der Waals surface area contributed by atoms with Gasteiger partial charge in [-0.15, -0.1) is 0 Å². The minimum Gasteiger partial charge on any atom is -0.378 e. The highest BCUT2D eigenvalue weighted by atomic mass is 16.2. The van der Waals surface area contributed by atoms with Gasteiger partial charge >= 0.3 is 0 Å². The minimum absolute atomic E-state index is 0.0808. The second-order valence-corrected chi connectivity index (χ2v) is 7.45. The standard InChI is InChI=1S/C20H30N4O2/c1-21(2)18-8-6-17(7-9-18)20(26)24-14-12-22(13-15-24)16-19(25)23-10-4-3-5-11-23/h6-9H,3-5,10-16H2,1-2H3. The maximum Gasteiger partial charge on any atom is 0.253 e. The number of amides is 2. The Labute approximate surface area is 156 Å². The van der Waals surface area contributed by atoms with Crippen molar-refractivity contribution in [2.24, 2.45) is 0 Å². The average Bonchev–Trinajstić information content (AvgIpc) is 2.69. The Bertz CT molecular complexity index is 615. The number of hydrogen-bond acceptors (Lipinski definition) is 4. The molecule has 26 heavy (non-hydrogen) atoms. The van der Waals surface area contributed by atoms with Gasteiger partial charge in [0.25, 0.3) is 5.91 Å². The third kappa shape index (κ3) is 4.55. The predicted octanol–water partition coefficient (Wildman–Crippen LogP) is 1.52. The molecule has 2 aliphatic heterocycles. The Hall–Kier alpha value is -2.08. The molecule has 0 unspecified atom stereocenters. The van der Waals surface area contributed by atoms with E-state index in [9.17, 15) is 9.59 Å². The van der Waals surface area contributed by atoms with Crippen molar-refractivity contribution < 1.29 is 9.59 Å². The van der Waals surface area contributed by atoms with Crippen molar-refractivity contribution in [2.45, 2.75) is 19.3 Å². The molecule has 0 aromatic heterocycles. The van der Waals surface area contributed by atoms with Gasteiger partial charge in [-0.1, -0.05) is 0 Å². The highest BCUT2D eigenvalue weighted by Crippen LogP contribution is 2.15. The molecule has 0 bridgehead atoms. The zero-order chi connectivity index (χ0) is 18.5. The topological polar surface area (TPSA) is 47.1 Å². The van der Waals surface area contributed by atoms with Crippen LogP contribution in [0, 0.1) is 0 Å². The first-order valence-electron chi connectivity index (χ1n) is 9.61. The van der Waals surface area contributed by atoms with Crippen molar-refractivity contribution in [3.63, 3.8) is 0 Å². The zero-order valence-corrected chi connectivity index (χ0v) is 16.0. The lowest BCUT2D eigenvalue weighted by Gasteiger charge is -2.36. The van der Waals surface area contributed by atoms with E-state index >= 15 is 0 Å². The quantitative estimate of drug-likeness (QED) is 0.819. The van der Waals surface area contributed by atoms with Gasteiger partial charge in [0.05, 0.1) is 6.54 Å². The summed E-state index contributed by atoms with van der Waals surface area (Å²) in [6.07, 6.45) is 3.49. The van der Waals surface area contributed by atoms with Crippen LogP contribution in [-0.2, 0) is 4.79 Å². The third-order valence-corrected chi connectivity index (χ3v) is 5.36. The van der Waals surface area contributed by atoms with Gasteiger partial charge in [0.15, 0.2) is 0 Å². The number of anilines is 1. The van der Waals surface area contributed by atoms with Crippen LogP contribution in [0.15, 0.2) is 24.3 Å². The van der Waals surface area contributed by atoms with Gasteiger partial charge in [0.2, 0.25) is 5.91 Å². The lowest BCUT2D eigenvalue weighted by atomic mass is 10.1. The largest absolute Gasteiger partial charge is 0.378 e. The molecule has 1 aromatic carbocycles. The van der Waals surface area contributed by atoms with Gasteiger partial charge in [-0.3, -0.25) is 14.5 Å². The first-order valence-corrected chi connectivity index (χ1v) is 9.61. The summed E-state index contributed by atoms with van der Waals surface area (Å²) in [6.45, 7) is 5.19. The summed E-state index contributed by atoms with van der Waals surface area (Å²) in [5.74, 6) is 0.320. The molecule has 0 aliphatic carbocycles. The SMILES string of the molecule is CN(C)c1ccc(C(=O)N2CCN(CC(=O)N3CCCCC3)CC2)cc1. The van der Waals surface area contributed by atoms with Crippen molar-refractivity contribution in [1.29, 1.82) is 0 Å². The molecule has 1 aromatic rings. The van der Waals surface area contributed by atoms with E-state index in [2.05, 4.69) is 4.90 Å². The van der Waals surface area contributed by atoms with Crippen LogP contribution < -0.4 is 4.90 Å². The monoisotopic (exact) mass is 358 g/mol. The minimum atomic E-state index is 0.0808. The summed E-state index contributed by atoms with van der Waals surface area (Å²) < 4.78 is 0. The van der Waals surface area contributed by atoms with Gasteiger partial charge in [0, 0.05) is 64.6 Å². The fraction of sp³-hybridized carbons (Fsp3) is 0.600. The lowest BCUT2D eigenvalue weighted by Crippen LogP contribution is -2.52. The van der Waals surface area contributed by atoms with Crippen LogP contribution in [0.25, 0.3) is 0 Å². The van der Waals surface area contributed by atoms with Crippen LogP contribution in [0.1, 0.15) is 29.6 Å². The van der Waals surface area contributed by atoms with Crippen molar-refractivity contribution in [2.75, 3.05) is 64.8 Å². The van der Waals surface area contributed by atoms with Crippen LogP contribution in [0.5, 0.6) is 0 Å². The molecule has 142 valence electrons. The van der Waals surface area contributed by atoms with Crippen LogP contribution in [0.3, 0.4) is 0 Å². The smallest absolute Gasteiger partial charge is 0.253 e. The number of rotatable bonds is 4. The molecule has 2 amide bonds. The van der Waals surface area contributed by atoms with Gasteiger partial charge in [-0.25, -0.2) is 0 Å². The van der Waals surface area contributed by atoms with Gasteiger partial charge in [0.1, 0.15) is 0 Å². The fourth-order valence-electron chi connectivity index (χ4n) is 3.63. The Morgan fingerprint density at radius 2 is 1.46 bits per heavy atom. The number of piperidine rings is 1. The molecule has 2 aliphatic rings. The lowest BCUT2D eigenvalue weighted by molar-refractivity contribution is -0.133. The van der Waals surface area contributed by atoms with Crippen LogP contribution >= 0.6 is 0 Å². The third-order valence-electron chi connectivity index (χ3n) is 5.36. The number of benzene rings is 1. The first kappa shape index (κ1) is 18.7. The molecule has 0 radical (unpaired) electrons. The number of nitrogens with zero attached hydrogens (tertiary/aromatic N) is 4. The molecule has 6 heteroatoms. The number of likely N-dealkylation sites (tertiary alicyclic amines) is 1. The van der Waals surface area contributed by atoms with Crippen LogP contribution in [0.2, 0.25) is 0 Å². The van der Waals surface area contributed by atoms with Gasteiger partial charge in [-0.2, -0.15) is 0 Å². The zero-order valence-electron chi connectivity index (χ0n) is 16.0. The Balaban J connectivity index is 1.48. The van der Waals surface area contributed by atoms with Crippen molar-refractivity contribution >= 4 is 17.5 Å². The second kappa shape index (κ2) is 8.54. The molecule has 0 atom stereocenters. The normalized spacial score (nSPS) is 18.7. The maximum absolute atomic E-state index is 12.7. The fourth-order valence-corrected chi connectivity index (χ4v) is 3.63. The number of piperazine rings is 1. The summed E-state index contributed by atoms with van der Waals surface area (Å²) in [6, 6.07) is 7.73. The molecule has 2 saturated heterocycles. The Morgan fingerprint density at radius 3 is 2.04 bits per heavy atom. The van der Waals surface area contributed by atoms with E-state index in [4.69, 9.17) is 0 Å². The van der Waals surface area contributed by atoms with E-state index in [-0.39, 0.29) is 11.8 Å². The van der Waals surface area contributed by atoms with Crippen LogP contribution in [0.4, 0.5) is 5.69 Å². The van der Waals surface area contributed by atoms with Crippen molar-refractivity contribution in [3.05, 3.63) is 29.8 Å². The Kier molecular flexibility index (Phi) is 6.14. The average molecular weight is 358 g/mol. The summed E-state index contributed by atoms with van der Waals surface area (Å²) in [4.78, 5) is 33.2.